The molecule has 0 aliphatic carbocycles. The van der Waals surface area contributed by atoms with Crippen molar-refractivity contribution in [3.63, 3.8) is 0 Å². The second-order valence-corrected chi connectivity index (χ2v) is 5.44. The number of hydrogen-bond donors (Lipinski definition) is 2. The van der Waals surface area contributed by atoms with Crippen LogP contribution in [0, 0.1) is 0 Å². The average molecular weight is 362 g/mol. The zero-order valence-corrected chi connectivity index (χ0v) is 15.6. The van der Waals surface area contributed by atoms with Gasteiger partial charge in [0, 0.05) is 19.8 Å². The summed E-state index contributed by atoms with van der Waals surface area (Å²) in [6.07, 6.45) is 1.73. The first-order valence-corrected chi connectivity index (χ1v) is 8.94. The van der Waals surface area contributed by atoms with E-state index < -0.39 is 0 Å². The highest BCUT2D eigenvalue weighted by Crippen LogP contribution is 1.86. The van der Waals surface area contributed by atoms with Crippen LogP contribution in [0.3, 0.4) is 0 Å². The molecule has 0 spiro atoms. The lowest BCUT2D eigenvalue weighted by atomic mass is 10.4. The smallest absolute Gasteiger partial charge is 0.246 e. The van der Waals surface area contributed by atoms with Crippen LogP contribution in [0.1, 0.15) is 26.7 Å². The van der Waals surface area contributed by atoms with E-state index >= 15 is 0 Å². The number of nitrogens with one attached hydrogen (secondary N) is 2. The molecule has 0 atom stereocenters. The van der Waals surface area contributed by atoms with E-state index in [0.717, 1.165) is 26.1 Å². The standard InChI is InChI=1S/C17H34N2O6/c1-3-18-6-4-8-22-10-12-24-13-11-23-9-5-7-19-17(21)15-25-14-16(2)20/h18H,3-15H2,1-2H3,(H,19,21). The Bertz CT molecular complexity index is 328. The summed E-state index contributed by atoms with van der Waals surface area (Å²) in [5.74, 6) is -0.325. The zero-order valence-electron chi connectivity index (χ0n) is 15.6. The molecule has 8 nitrogen and oxygen atoms in total. The Kier molecular flexibility index (Phi) is 18.5. The highest BCUT2D eigenvalue weighted by atomic mass is 16.5. The van der Waals surface area contributed by atoms with E-state index in [1.165, 1.54) is 6.92 Å². The van der Waals surface area contributed by atoms with Gasteiger partial charge in [-0.3, -0.25) is 9.59 Å². The second kappa shape index (κ2) is 19.3. The molecule has 1 amide bonds. The van der Waals surface area contributed by atoms with Gasteiger partial charge in [0.05, 0.1) is 26.4 Å². The van der Waals surface area contributed by atoms with Gasteiger partial charge in [0.1, 0.15) is 13.2 Å². The Balaban J connectivity index is 3.11. The molecular formula is C17H34N2O6. The van der Waals surface area contributed by atoms with E-state index in [2.05, 4.69) is 17.6 Å². The maximum absolute atomic E-state index is 11.3. The van der Waals surface area contributed by atoms with E-state index in [1.54, 1.807) is 0 Å². The van der Waals surface area contributed by atoms with Crippen LogP contribution in [-0.2, 0) is 28.5 Å². The summed E-state index contributed by atoms with van der Waals surface area (Å²) in [7, 11) is 0. The number of ketones is 1. The van der Waals surface area contributed by atoms with Crippen LogP contribution < -0.4 is 10.6 Å². The predicted molar refractivity (Wildman–Crippen MR) is 94.7 cm³/mol. The molecule has 25 heavy (non-hydrogen) atoms. The lowest BCUT2D eigenvalue weighted by molar-refractivity contribution is -0.129. The van der Waals surface area contributed by atoms with Crippen molar-refractivity contribution in [2.24, 2.45) is 0 Å². The van der Waals surface area contributed by atoms with Crippen molar-refractivity contribution in [3.05, 3.63) is 0 Å². The minimum Gasteiger partial charge on any atom is -0.379 e. The Morgan fingerprint density at radius 2 is 1.32 bits per heavy atom. The molecule has 0 saturated carbocycles. The van der Waals surface area contributed by atoms with Gasteiger partial charge < -0.3 is 29.6 Å². The van der Waals surface area contributed by atoms with Crippen molar-refractivity contribution in [3.8, 4) is 0 Å². The average Bonchev–Trinajstić information content (AvgIpc) is 2.58. The van der Waals surface area contributed by atoms with Crippen LogP contribution in [0.4, 0.5) is 0 Å². The molecule has 0 aromatic heterocycles. The SMILES string of the molecule is CCNCCCOCCOCCOCCCNC(=O)COCC(C)=O. The second-order valence-electron chi connectivity index (χ2n) is 5.44. The van der Waals surface area contributed by atoms with Crippen molar-refractivity contribution < 1.29 is 28.5 Å². The summed E-state index contributed by atoms with van der Waals surface area (Å²) in [6.45, 7) is 9.40. The molecule has 0 unspecified atom stereocenters. The van der Waals surface area contributed by atoms with Crippen LogP contribution in [0.5, 0.6) is 0 Å². The van der Waals surface area contributed by atoms with E-state index in [4.69, 9.17) is 18.9 Å². The summed E-state index contributed by atoms with van der Waals surface area (Å²) in [6, 6.07) is 0. The van der Waals surface area contributed by atoms with Crippen LogP contribution in [0.15, 0.2) is 0 Å². The third-order valence-electron chi connectivity index (χ3n) is 2.96. The van der Waals surface area contributed by atoms with Crippen LogP contribution in [0.2, 0.25) is 0 Å². The number of rotatable bonds is 19. The Labute approximate surface area is 150 Å². The third kappa shape index (κ3) is 20.9. The number of ether oxygens (including phenoxy) is 4. The maximum atomic E-state index is 11.3. The lowest BCUT2D eigenvalue weighted by Gasteiger charge is -2.08. The summed E-state index contributed by atoms with van der Waals surface area (Å²) in [5.41, 5.74) is 0. The molecule has 0 aromatic carbocycles. The first-order chi connectivity index (χ1) is 12.2. The Morgan fingerprint density at radius 3 is 1.88 bits per heavy atom. The molecule has 0 rings (SSSR count). The first kappa shape index (κ1) is 23.9. The molecule has 0 aliphatic heterocycles. The minimum atomic E-state index is -0.227. The topological polar surface area (TPSA) is 95.1 Å². The first-order valence-electron chi connectivity index (χ1n) is 8.94. The molecule has 0 radical (unpaired) electrons. The molecule has 0 heterocycles. The fourth-order valence-electron chi connectivity index (χ4n) is 1.76. The van der Waals surface area contributed by atoms with Gasteiger partial charge in [-0.2, -0.15) is 0 Å². The highest BCUT2D eigenvalue weighted by molar-refractivity contribution is 5.79. The van der Waals surface area contributed by atoms with Crippen molar-refractivity contribution in [1.29, 1.82) is 0 Å². The molecule has 0 aromatic rings. The predicted octanol–water partition coefficient (Wildman–Crippen LogP) is 0.148. The summed E-state index contributed by atoms with van der Waals surface area (Å²) in [4.78, 5) is 22.0. The van der Waals surface area contributed by atoms with Gasteiger partial charge in [-0.1, -0.05) is 6.92 Å². The maximum Gasteiger partial charge on any atom is 0.246 e. The monoisotopic (exact) mass is 362 g/mol. The molecule has 0 aliphatic rings. The fourth-order valence-corrected chi connectivity index (χ4v) is 1.76. The summed E-state index contributed by atoms with van der Waals surface area (Å²) in [5, 5.41) is 5.93. The van der Waals surface area contributed by atoms with Gasteiger partial charge in [-0.05, 0) is 32.9 Å². The van der Waals surface area contributed by atoms with E-state index in [-0.39, 0.29) is 24.9 Å². The largest absolute Gasteiger partial charge is 0.379 e. The van der Waals surface area contributed by atoms with Crippen LogP contribution in [-0.4, -0.2) is 84.2 Å². The van der Waals surface area contributed by atoms with Crippen LogP contribution >= 0.6 is 0 Å². The number of carbonyl (C=O) groups excluding carboxylic acids is 2. The van der Waals surface area contributed by atoms with E-state index in [1.807, 2.05) is 0 Å². The number of Topliss-reactive ketones (excluding diaryl/α,β-unsaturated/α-hetero) is 1. The molecular weight excluding hydrogens is 328 g/mol. The van der Waals surface area contributed by atoms with E-state index in [0.29, 0.717) is 46.0 Å². The van der Waals surface area contributed by atoms with Gasteiger partial charge in [0.25, 0.3) is 0 Å². The zero-order chi connectivity index (χ0) is 18.6. The number of hydrogen-bond acceptors (Lipinski definition) is 7. The van der Waals surface area contributed by atoms with Gasteiger partial charge in [0.15, 0.2) is 5.78 Å². The van der Waals surface area contributed by atoms with E-state index in [9.17, 15) is 9.59 Å². The van der Waals surface area contributed by atoms with Gasteiger partial charge in [-0.25, -0.2) is 0 Å². The fraction of sp³-hybridized carbons (Fsp3) is 0.882. The van der Waals surface area contributed by atoms with Crippen molar-refractivity contribution in [1.82, 2.24) is 10.6 Å². The van der Waals surface area contributed by atoms with Gasteiger partial charge in [0.2, 0.25) is 5.91 Å². The van der Waals surface area contributed by atoms with Crippen molar-refractivity contribution in [2.75, 3.05) is 72.5 Å². The summed E-state index contributed by atoms with van der Waals surface area (Å²) >= 11 is 0. The number of carbonyl (C=O) groups is 2. The molecule has 8 heteroatoms. The molecule has 0 bridgehead atoms. The third-order valence-corrected chi connectivity index (χ3v) is 2.96. The molecule has 0 fully saturated rings. The van der Waals surface area contributed by atoms with Crippen molar-refractivity contribution >= 4 is 11.7 Å². The van der Waals surface area contributed by atoms with Crippen LogP contribution in [0.25, 0.3) is 0 Å². The Morgan fingerprint density at radius 1 is 0.760 bits per heavy atom. The molecule has 2 N–H and O–H groups in total. The van der Waals surface area contributed by atoms with Gasteiger partial charge >= 0.3 is 0 Å². The van der Waals surface area contributed by atoms with Crippen molar-refractivity contribution in [2.45, 2.75) is 26.7 Å². The number of amides is 1. The molecule has 0 saturated heterocycles. The highest BCUT2D eigenvalue weighted by Gasteiger charge is 2.01. The van der Waals surface area contributed by atoms with Gasteiger partial charge in [-0.15, -0.1) is 0 Å². The minimum absolute atomic E-state index is 0.0301. The molecule has 148 valence electrons. The normalized spacial score (nSPS) is 10.8. The lowest BCUT2D eigenvalue weighted by Crippen LogP contribution is -2.29. The Hall–Kier alpha value is -1.06. The quantitative estimate of drug-likeness (QED) is 0.316. The summed E-state index contributed by atoms with van der Waals surface area (Å²) < 4.78 is 21.1.